The Morgan fingerprint density at radius 1 is 1.34 bits per heavy atom. The van der Waals surface area contributed by atoms with E-state index in [-0.39, 0.29) is 40.3 Å². The van der Waals surface area contributed by atoms with Crippen LogP contribution in [0.2, 0.25) is 0 Å². The highest BCUT2D eigenvalue weighted by atomic mass is 32.2. The molecule has 4 rings (SSSR count). The summed E-state index contributed by atoms with van der Waals surface area (Å²) in [6.45, 7) is 7.48. The predicted molar refractivity (Wildman–Crippen MR) is 118 cm³/mol. The first-order valence-corrected chi connectivity index (χ1v) is 12.0. The van der Waals surface area contributed by atoms with Crippen LogP contribution in [0, 0.1) is 6.92 Å². The lowest BCUT2D eigenvalue weighted by Gasteiger charge is -2.35. The van der Waals surface area contributed by atoms with Crippen LogP contribution in [-0.2, 0) is 19.5 Å². The zero-order valence-electron chi connectivity index (χ0n) is 18.4. The maximum atomic E-state index is 13.0. The number of aliphatic hydroxyl groups is 1. The van der Waals surface area contributed by atoms with Gasteiger partial charge in [-0.2, -0.15) is 0 Å². The van der Waals surface area contributed by atoms with Crippen LogP contribution in [0.3, 0.4) is 0 Å². The van der Waals surface area contributed by atoms with E-state index in [4.69, 9.17) is 9.47 Å². The molecule has 0 saturated carbocycles. The van der Waals surface area contributed by atoms with E-state index in [0.717, 1.165) is 16.0 Å². The van der Waals surface area contributed by atoms with Crippen LogP contribution >= 0.6 is 0 Å². The van der Waals surface area contributed by atoms with Crippen molar-refractivity contribution in [3.63, 3.8) is 0 Å². The molecule has 1 aromatic carbocycles. The number of benzene rings is 1. The standard InChI is InChI=1S/C22H29N3O6S/c1-14-8-18-21(27)24-17-9-15(4-5-20(17)32(28,29)25(18)11-14)19(26)10-23-7-6-16-12-31-22(2,3)13-30-16/h4-5,8-9,11,16,21,23-24,27H,6-7,10,12-13H2,1-3H3. The second-order valence-electron chi connectivity index (χ2n) is 8.89. The van der Waals surface area contributed by atoms with Crippen molar-refractivity contribution in [2.24, 2.45) is 0 Å². The Morgan fingerprint density at radius 3 is 2.84 bits per heavy atom. The van der Waals surface area contributed by atoms with E-state index in [9.17, 15) is 18.3 Å². The van der Waals surface area contributed by atoms with Gasteiger partial charge in [-0.05, 0) is 63.6 Å². The van der Waals surface area contributed by atoms with Crippen molar-refractivity contribution in [3.8, 4) is 0 Å². The Morgan fingerprint density at radius 2 is 2.12 bits per heavy atom. The Labute approximate surface area is 187 Å². The largest absolute Gasteiger partial charge is 0.373 e. The van der Waals surface area contributed by atoms with Gasteiger partial charge in [-0.25, -0.2) is 12.4 Å². The Bertz CT molecular complexity index is 1110. The highest BCUT2D eigenvalue weighted by Gasteiger charge is 2.31. The minimum absolute atomic E-state index is 0.00421. The van der Waals surface area contributed by atoms with Gasteiger partial charge in [-0.3, -0.25) is 4.79 Å². The summed E-state index contributed by atoms with van der Waals surface area (Å²) in [4.78, 5) is 12.7. The van der Waals surface area contributed by atoms with Gasteiger partial charge in [0.25, 0.3) is 10.0 Å². The molecule has 0 spiro atoms. The maximum absolute atomic E-state index is 13.0. The van der Waals surface area contributed by atoms with E-state index >= 15 is 0 Å². The van der Waals surface area contributed by atoms with Crippen LogP contribution in [0.15, 0.2) is 35.4 Å². The van der Waals surface area contributed by atoms with Crippen molar-refractivity contribution in [2.75, 3.05) is 31.6 Å². The number of anilines is 1. The van der Waals surface area contributed by atoms with Crippen LogP contribution in [0.1, 0.15) is 48.1 Å². The number of fused-ring (bicyclic) bond motifs is 2. The van der Waals surface area contributed by atoms with Crippen molar-refractivity contribution in [2.45, 2.75) is 50.0 Å². The zero-order valence-corrected chi connectivity index (χ0v) is 19.2. The third-order valence-electron chi connectivity index (χ3n) is 5.62. The molecule has 0 aliphatic carbocycles. The minimum Gasteiger partial charge on any atom is -0.373 e. The first kappa shape index (κ1) is 22.9. The third kappa shape index (κ3) is 4.60. The molecule has 9 nitrogen and oxygen atoms in total. The molecule has 3 heterocycles. The summed E-state index contributed by atoms with van der Waals surface area (Å²) in [6.07, 6.45) is 0.967. The van der Waals surface area contributed by atoms with Crippen molar-refractivity contribution in [1.29, 1.82) is 0 Å². The molecule has 1 saturated heterocycles. The van der Waals surface area contributed by atoms with Gasteiger partial charge in [0.1, 0.15) is 4.90 Å². The van der Waals surface area contributed by atoms with E-state index < -0.39 is 16.3 Å². The molecule has 2 aliphatic heterocycles. The van der Waals surface area contributed by atoms with Gasteiger partial charge in [-0.15, -0.1) is 0 Å². The Hall–Kier alpha value is -2.24. The summed E-state index contributed by atoms with van der Waals surface area (Å²) in [7, 11) is -3.89. The summed E-state index contributed by atoms with van der Waals surface area (Å²) in [5.74, 6) is -0.178. The quantitative estimate of drug-likeness (QED) is 0.438. The van der Waals surface area contributed by atoms with E-state index in [1.165, 1.54) is 24.4 Å². The number of ether oxygens (including phenoxy) is 2. The minimum atomic E-state index is -3.89. The SMILES string of the molecule is Cc1cc2n(c1)S(=O)(=O)c1ccc(C(=O)CNCCC3COC(C)(C)CO3)cc1NC2O. The number of aliphatic hydroxyl groups excluding tert-OH is 1. The molecule has 1 fully saturated rings. The van der Waals surface area contributed by atoms with Crippen molar-refractivity contribution >= 4 is 21.5 Å². The molecule has 10 heteroatoms. The molecule has 2 aliphatic rings. The lowest BCUT2D eigenvalue weighted by molar-refractivity contribution is -0.175. The van der Waals surface area contributed by atoms with Crippen LogP contribution in [0.4, 0.5) is 5.69 Å². The first-order chi connectivity index (χ1) is 15.1. The van der Waals surface area contributed by atoms with Gasteiger partial charge in [0, 0.05) is 11.8 Å². The number of hydrogen-bond acceptors (Lipinski definition) is 8. The number of aromatic nitrogens is 1. The van der Waals surface area contributed by atoms with Crippen molar-refractivity contribution in [3.05, 3.63) is 47.3 Å². The van der Waals surface area contributed by atoms with Crippen LogP contribution in [0.25, 0.3) is 0 Å². The summed E-state index contributed by atoms with van der Waals surface area (Å²) in [5.41, 5.74) is 1.24. The number of carbonyl (C=O) groups is 1. The van der Waals surface area contributed by atoms with Gasteiger partial charge in [0.15, 0.2) is 12.0 Å². The summed E-state index contributed by atoms with van der Waals surface area (Å²) in [5, 5.41) is 16.4. The normalized spacial score (nSPS) is 23.5. The lowest BCUT2D eigenvalue weighted by atomic mass is 10.1. The molecule has 1 aromatic heterocycles. The summed E-state index contributed by atoms with van der Waals surface area (Å²) in [6, 6.07) is 5.98. The molecule has 174 valence electrons. The van der Waals surface area contributed by atoms with Gasteiger partial charge < -0.3 is 25.2 Å². The smallest absolute Gasteiger partial charge is 0.270 e. The number of ketones is 1. The third-order valence-corrected chi connectivity index (χ3v) is 7.36. The number of nitrogens with one attached hydrogen (secondary N) is 2. The summed E-state index contributed by atoms with van der Waals surface area (Å²) >= 11 is 0. The number of hydrogen-bond donors (Lipinski definition) is 3. The molecule has 2 aromatic rings. The molecular formula is C22H29N3O6S. The van der Waals surface area contributed by atoms with E-state index in [2.05, 4.69) is 10.6 Å². The monoisotopic (exact) mass is 463 g/mol. The van der Waals surface area contributed by atoms with Gasteiger partial charge >= 0.3 is 0 Å². The van der Waals surface area contributed by atoms with Crippen LogP contribution in [0.5, 0.6) is 0 Å². The number of aryl methyl sites for hydroxylation is 1. The van der Waals surface area contributed by atoms with E-state index in [1.54, 1.807) is 13.0 Å². The average molecular weight is 464 g/mol. The zero-order chi connectivity index (χ0) is 23.1. The van der Waals surface area contributed by atoms with Crippen LogP contribution in [-0.4, -0.2) is 61.3 Å². The lowest BCUT2D eigenvalue weighted by Crippen LogP contribution is -2.43. The molecule has 0 bridgehead atoms. The number of carbonyl (C=O) groups excluding carboxylic acids is 1. The molecule has 3 N–H and O–H groups in total. The van der Waals surface area contributed by atoms with Crippen LogP contribution < -0.4 is 10.6 Å². The van der Waals surface area contributed by atoms with Gasteiger partial charge in [0.05, 0.1) is 42.8 Å². The van der Waals surface area contributed by atoms with Gasteiger partial charge in [-0.1, -0.05) is 0 Å². The molecule has 0 amide bonds. The highest BCUT2D eigenvalue weighted by molar-refractivity contribution is 7.90. The fourth-order valence-corrected chi connectivity index (χ4v) is 5.41. The number of Topliss-reactive ketones (excluding diaryl/α,β-unsaturated/α-hetero) is 1. The average Bonchev–Trinajstić information content (AvgIpc) is 3.12. The maximum Gasteiger partial charge on any atom is 0.270 e. The fourth-order valence-electron chi connectivity index (χ4n) is 3.83. The van der Waals surface area contributed by atoms with Crippen molar-refractivity contribution in [1.82, 2.24) is 9.29 Å². The summed E-state index contributed by atoms with van der Waals surface area (Å²) < 4.78 is 38.7. The van der Waals surface area contributed by atoms with Crippen molar-refractivity contribution < 1.29 is 27.8 Å². The molecular weight excluding hydrogens is 434 g/mol. The molecule has 2 atom stereocenters. The van der Waals surface area contributed by atoms with Gasteiger partial charge in [0.2, 0.25) is 0 Å². The van der Waals surface area contributed by atoms with E-state index in [1.807, 2.05) is 13.8 Å². The van der Waals surface area contributed by atoms with E-state index in [0.29, 0.717) is 25.3 Å². The predicted octanol–water partition coefficient (Wildman–Crippen LogP) is 1.81. The second kappa shape index (κ2) is 8.60. The molecule has 2 unspecified atom stereocenters. The number of nitrogens with zero attached hydrogens (tertiary/aromatic N) is 1. The second-order valence-corrected chi connectivity index (χ2v) is 10.7. The Balaban J connectivity index is 1.40. The first-order valence-electron chi connectivity index (χ1n) is 10.6. The fraction of sp³-hybridized carbons (Fsp3) is 0.500. The molecule has 0 radical (unpaired) electrons. The topological polar surface area (TPSA) is 119 Å². The highest BCUT2D eigenvalue weighted by Crippen LogP contribution is 2.34. The number of rotatable bonds is 6. The Kier molecular flexibility index (Phi) is 6.17. The molecule has 32 heavy (non-hydrogen) atoms.